The first-order valence-electron chi connectivity index (χ1n) is 10.6. The van der Waals surface area contributed by atoms with Gasteiger partial charge in [-0.1, -0.05) is 12.1 Å². The van der Waals surface area contributed by atoms with E-state index in [2.05, 4.69) is 15.6 Å². The van der Waals surface area contributed by atoms with E-state index < -0.39 is 10.0 Å². The number of rotatable bonds is 8. The molecule has 1 fully saturated rings. The summed E-state index contributed by atoms with van der Waals surface area (Å²) in [6.45, 7) is 3.81. The topological polar surface area (TPSA) is 110 Å². The summed E-state index contributed by atoms with van der Waals surface area (Å²) in [6, 6.07) is 8.58. The van der Waals surface area contributed by atoms with Crippen LogP contribution in [0.3, 0.4) is 0 Å². The maximum Gasteiger partial charge on any atom is 0.243 e. The number of aromatic nitrogens is 3. The summed E-state index contributed by atoms with van der Waals surface area (Å²) in [4.78, 5) is 12.8. The average Bonchev–Trinajstić information content (AvgIpc) is 3.44. The van der Waals surface area contributed by atoms with E-state index in [4.69, 9.17) is 4.42 Å². The van der Waals surface area contributed by atoms with Gasteiger partial charge in [0.25, 0.3) is 0 Å². The highest BCUT2D eigenvalue weighted by molar-refractivity contribution is 7.89. The smallest absolute Gasteiger partial charge is 0.243 e. The molecular weight excluding hydrogens is 418 g/mol. The van der Waals surface area contributed by atoms with Crippen LogP contribution in [0.2, 0.25) is 0 Å². The second kappa shape index (κ2) is 9.19. The number of fused-ring (bicyclic) bond motifs is 1. The third-order valence-electron chi connectivity index (χ3n) is 5.56. The maximum atomic E-state index is 13.2. The van der Waals surface area contributed by atoms with Gasteiger partial charge in [0, 0.05) is 32.6 Å². The van der Waals surface area contributed by atoms with Crippen LogP contribution in [-0.4, -0.2) is 53.3 Å². The first kappa shape index (κ1) is 21.5. The van der Waals surface area contributed by atoms with E-state index in [1.807, 2.05) is 19.1 Å². The van der Waals surface area contributed by atoms with Crippen molar-refractivity contribution in [2.45, 2.75) is 44.0 Å². The van der Waals surface area contributed by atoms with E-state index in [-0.39, 0.29) is 23.3 Å². The highest BCUT2D eigenvalue weighted by atomic mass is 32.2. The van der Waals surface area contributed by atoms with Crippen LogP contribution in [0.4, 0.5) is 0 Å². The number of aryl methyl sites for hydroxylation is 1. The molecule has 166 valence electrons. The fourth-order valence-corrected chi connectivity index (χ4v) is 5.47. The van der Waals surface area contributed by atoms with Gasteiger partial charge in [-0.25, -0.2) is 13.1 Å². The molecule has 1 aliphatic heterocycles. The van der Waals surface area contributed by atoms with E-state index in [9.17, 15) is 13.2 Å². The lowest BCUT2D eigenvalue weighted by Crippen LogP contribution is -2.45. The molecule has 10 heteroatoms. The van der Waals surface area contributed by atoms with E-state index in [1.165, 1.54) is 4.31 Å². The number of benzene rings is 1. The van der Waals surface area contributed by atoms with Crippen LogP contribution < -0.4 is 5.32 Å². The Kier molecular flexibility index (Phi) is 6.38. The Morgan fingerprint density at radius 1 is 1.32 bits per heavy atom. The molecule has 1 aromatic carbocycles. The minimum atomic E-state index is -3.72. The molecule has 0 bridgehead atoms. The summed E-state index contributed by atoms with van der Waals surface area (Å²) in [6.07, 6.45) is 4.43. The van der Waals surface area contributed by atoms with Gasteiger partial charge in [0.05, 0.1) is 22.6 Å². The number of amides is 1. The Morgan fingerprint density at radius 3 is 2.97 bits per heavy atom. The first-order chi connectivity index (χ1) is 15.0. The van der Waals surface area contributed by atoms with Gasteiger partial charge in [-0.3, -0.25) is 4.79 Å². The van der Waals surface area contributed by atoms with Crippen molar-refractivity contribution in [1.82, 2.24) is 24.6 Å². The third-order valence-corrected chi connectivity index (χ3v) is 7.43. The van der Waals surface area contributed by atoms with Crippen LogP contribution in [0.1, 0.15) is 31.9 Å². The number of hydrogen-bond acceptors (Lipinski definition) is 6. The molecule has 0 radical (unpaired) electrons. The van der Waals surface area contributed by atoms with Gasteiger partial charge < -0.3 is 9.73 Å². The molecule has 1 atom stereocenters. The Hall–Kier alpha value is -2.72. The molecule has 9 nitrogen and oxygen atoms in total. The van der Waals surface area contributed by atoms with Crippen LogP contribution >= 0.6 is 0 Å². The highest BCUT2D eigenvalue weighted by Crippen LogP contribution is 2.26. The summed E-state index contributed by atoms with van der Waals surface area (Å²) in [7, 11) is -3.72. The SMILES string of the molecule is CCCn1nnc2cc(S(=O)(=O)N3CCCC(C(=O)NCCc4ccco4)C3)ccc21. The fourth-order valence-electron chi connectivity index (χ4n) is 3.92. The van der Waals surface area contributed by atoms with Crippen LogP contribution in [0, 0.1) is 5.92 Å². The molecule has 1 saturated heterocycles. The van der Waals surface area contributed by atoms with Gasteiger partial charge >= 0.3 is 0 Å². The van der Waals surface area contributed by atoms with Crippen molar-refractivity contribution in [2.75, 3.05) is 19.6 Å². The van der Waals surface area contributed by atoms with Gasteiger partial charge in [-0.2, -0.15) is 4.31 Å². The Morgan fingerprint density at radius 2 is 2.19 bits per heavy atom. The molecule has 2 aromatic heterocycles. The van der Waals surface area contributed by atoms with Gasteiger partial charge in [0.2, 0.25) is 15.9 Å². The number of sulfonamides is 1. The van der Waals surface area contributed by atoms with Crippen LogP contribution in [0.5, 0.6) is 0 Å². The minimum Gasteiger partial charge on any atom is -0.469 e. The van der Waals surface area contributed by atoms with Crippen molar-refractivity contribution in [3.63, 3.8) is 0 Å². The molecule has 3 heterocycles. The second-order valence-electron chi connectivity index (χ2n) is 7.79. The number of carbonyl (C=O) groups is 1. The Balaban J connectivity index is 1.43. The number of nitrogens with one attached hydrogen (secondary N) is 1. The van der Waals surface area contributed by atoms with Crippen molar-refractivity contribution in [1.29, 1.82) is 0 Å². The molecule has 0 spiro atoms. The molecule has 1 unspecified atom stereocenters. The van der Waals surface area contributed by atoms with Crippen molar-refractivity contribution < 1.29 is 17.6 Å². The Labute approximate surface area is 181 Å². The van der Waals surface area contributed by atoms with Crippen molar-refractivity contribution in [3.8, 4) is 0 Å². The summed E-state index contributed by atoms with van der Waals surface area (Å²) in [5.74, 6) is 0.318. The van der Waals surface area contributed by atoms with Crippen molar-refractivity contribution >= 4 is 27.0 Å². The Bertz CT molecular complexity index is 1140. The van der Waals surface area contributed by atoms with Crippen LogP contribution in [0.25, 0.3) is 11.0 Å². The molecular formula is C21H27N5O4S. The zero-order valence-electron chi connectivity index (χ0n) is 17.5. The lowest BCUT2D eigenvalue weighted by atomic mass is 9.99. The molecule has 1 N–H and O–H groups in total. The maximum absolute atomic E-state index is 13.2. The lowest BCUT2D eigenvalue weighted by Gasteiger charge is -2.31. The number of carbonyl (C=O) groups excluding carboxylic acids is 1. The fraction of sp³-hybridized carbons (Fsp3) is 0.476. The number of hydrogen-bond donors (Lipinski definition) is 1. The number of nitrogens with zero attached hydrogens (tertiary/aromatic N) is 4. The molecule has 0 aliphatic carbocycles. The second-order valence-corrected chi connectivity index (χ2v) is 9.72. The van der Waals surface area contributed by atoms with E-state index in [1.54, 1.807) is 29.1 Å². The molecule has 3 aromatic rings. The first-order valence-corrected chi connectivity index (χ1v) is 12.1. The van der Waals surface area contributed by atoms with E-state index in [0.717, 1.165) is 24.2 Å². The van der Waals surface area contributed by atoms with E-state index >= 15 is 0 Å². The zero-order chi connectivity index (χ0) is 21.8. The van der Waals surface area contributed by atoms with Crippen molar-refractivity contribution in [2.24, 2.45) is 5.92 Å². The largest absolute Gasteiger partial charge is 0.469 e. The summed E-state index contributed by atoms with van der Waals surface area (Å²) in [5.41, 5.74) is 1.37. The molecule has 1 aliphatic rings. The molecule has 31 heavy (non-hydrogen) atoms. The standard InChI is InChI=1S/C21H27N5O4S/c1-2-11-26-20-8-7-18(14-19(20)23-24-26)31(28,29)25-12-3-5-16(15-25)21(27)22-10-9-17-6-4-13-30-17/h4,6-8,13-14,16H,2-3,5,9-12,15H2,1H3,(H,22,27). The van der Waals surface area contributed by atoms with Gasteiger partial charge in [0.1, 0.15) is 11.3 Å². The normalized spacial score (nSPS) is 17.8. The third kappa shape index (κ3) is 4.64. The zero-order valence-corrected chi connectivity index (χ0v) is 18.3. The van der Waals surface area contributed by atoms with Gasteiger partial charge in [0.15, 0.2) is 0 Å². The number of furan rings is 1. The summed E-state index contributed by atoms with van der Waals surface area (Å²) >= 11 is 0. The molecule has 4 rings (SSSR count). The predicted octanol–water partition coefficient (Wildman–Crippen LogP) is 2.19. The lowest BCUT2D eigenvalue weighted by molar-refractivity contribution is -0.126. The average molecular weight is 446 g/mol. The predicted molar refractivity (Wildman–Crippen MR) is 115 cm³/mol. The minimum absolute atomic E-state index is 0.121. The van der Waals surface area contributed by atoms with Gasteiger partial charge in [-0.05, 0) is 49.6 Å². The van der Waals surface area contributed by atoms with Gasteiger partial charge in [-0.15, -0.1) is 5.10 Å². The van der Waals surface area contributed by atoms with Crippen molar-refractivity contribution in [3.05, 3.63) is 42.4 Å². The molecule has 0 saturated carbocycles. The monoisotopic (exact) mass is 445 g/mol. The van der Waals surface area contributed by atoms with Crippen LogP contribution in [-0.2, 0) is 27.8 Å². The van der Waals surface area contributed by atoms with E-state index in [0.29, 0.717) is 37.9 Å². The molecule has 1 amide bonds. The van der Waals surface area contributed by atoms with Crippen LogP contribution in [0.15, 0.2) is 45.9 Å². The summed E-state index contributed by atoms with van der Waals surface area (Å²) < 4.78 is 34.9. The summed E-state index contributed by atoms with van der Waals surface area (Å²) in [5, 5.41) is 11.1. The highest BCUT2D eigenvalue weighted by Gasteiger charge is 2.33. The number of piperidine rings is 1. The quantitative estimate of drug-likeness (QED) is 0.569.